The zero-order valence-electron chi connectivity index (χ0n) is 14.4. The minimum atomic E-state index is -2.19. The first kappa shape index (κ1) is 16.1. The molecular weight excluding hydrogens is 316 g/mol. The summed E-state index contributed by atoms with van der Waals surface area (Å²) in [5.41, 5.74) is 0. The summed E-state index contributed by atoms with van der Waals surface area (Å²) in [4.78, 5) is 1.08. The minimum Gasteiger partial charge on any atom is -0.493 e. The lowest BCUT2D eigenvalue weighted by Crippen LogP contribution is -2.16. The number of fused-ring (bicyclic) bond motifs is 1. The van der Waals surface area contributed by atoms with Crippen molar-refractivity contribution in [2.45, 2.75) is 49.8 Å². The van der Waals surface area contributed by atoms with Crippen molar-refractivity contribution in [1.82, 2.24) is 0 Å². The molecule has 24 heavy (non-hydrogen) atoms. The van der Waals surface area contributed by atoms with Crippen LogP contribution in [0, 0.1) is 5.92 Å². The summed E-state index contributed by atoms with van der Waals surface area (Å²) in [5.74, 6) is 3.41. The molecule has 0 radical (unpaired) electrons. The molecule has 2 aromatic rings. The van der Waals surface area contributed by atoms with Crippen LogP contribution in [0.15, 0.2) is 41.3 Å². The maximum atomic E-state index is 13.3. The lowest BCUT2D eigenvalue weighted by molar-refractivity contribution is 0.210. The van der Waals surface area contributed by atoms with Crippen LogP contribution >= 0.6 is 0 Å². The van der Waals surface area contributed by atoms with Crippen LogP contribution in [0.5, 0.6) is 5.75 Å². The third-order valence-electron chi connectivity index (χ3n) is 5.79. The van der Waals surface area contributed by atoms with Crippen molar-refractivity contribution < 1.29 is 8.95 Å². The zero-order chi connectivity index (χ0) is 16.4. The molecule has 2 nitrogen and oxygen atoms in total. The highest BCUT2D eigenvalue weighted by Gasteiger charge is 2.25. The lowest BCUT2D eigenvalue weighted by atomic mass is 9.90. The monoisotopic (exact) mass is 344 g/mol. The molecule has 0 unspecified atom stereocenters. The topological polar surface area (TPSA) is 26.3 Å². The fourth-order valence-corrected chi connectivity index (χ4v) is 7.54. The number of rotatable bonds is 4. The molecule has 0 aromatic heterocycles. The molecule has 0 spiro atoms. The highest BCUT2D eigenvalue weighted by atomic mass is 32.2. The van der Waals surface area contributed by atoms with Crippen LogP contribution in [0.4, 0.5) is 0 Å². The normalized spacial score (nSPS) is 22.5. The first-order valence-electron chi connectivity index (χ1n) is 9.49. The van der Waals surface area contributed by atoms with E-state index in [0.717, 1.165) is 52.4 Å². The van der Waals surface area contributed by atoms with Crippen molar-refractivity contribution in [3.05, 3.63) is 36.4 Å². The van der Waals surface area contributed by atoms with Crippen LogP contribution in [0.2, 0.25) is 0 Å². The smallest absolute Gasteiger partial charge is 0.127 e. The van der Waals surface area contributed by atoms with Gasteiger partial charge in [-0.2, -0.15) is 0 Å². The quantitative estimate of drug-likeness (QED) is 0.793. The Bertz CT molecular complexity index is 752. The summed E-state index contributed by atoms with van der Waals surface area (Å²) in [7, 11) is -2.19. The average Bonchev–Trinajstić information content (AvgIpc) is 3.08. The van der Waals surface area contributed by atoms with Crippen LogP contribution in [0.3, 0.4) is 0 Å². The predicted molar refractivity (Wildman–Crippen MR) is 103 cm³/mol. The lowest BCUT2D eigenvalue weighted by Gasteiger charge is -2.24. The molecule has 0 amide bonds. The molecule has 1 aliphatic heterocycles. The van der Waals surface area contributed by atoms with E-state index in [1.54, 1.807) is 0 Å². The molecule has 2 aromatic carbocycles. The molecular formula is C21H28O2S. The highest BCUT2D eigenvalue weighted by molar-refractivity contribution is 8.03. The van der Waals surface area contributed by atoms with Gasteiger partial charge in [-0.1, -0.05) is 53.5 Å². The third-order valence-corrected chi connectivity index (χ3v) is 9.13. The van der Waals surface area contributed by atoms with Gasteiger partial charge in [-0.15, -0.1) is 0 Å². The maximum Gasteiger partial charge on any atom is 0.127 e. The predicted octanol–water partition coefficient (Wildman–Crippen LogP) is 4.97. The molecule has 2 fully saturated rings. The minimum absolute atomic E-state index is 0.699. The molecule has 1 saturated heterocycles. The van der Waals surface area contributed by atoms with E-state index in [9.17, 15) is 4.21 Å². The molecule has 3 heteroatoms. The molecule has 130 valence electrons. The third kappa shape index (κ3) is 3.11. The van der Waals surface area contributed by atoms with Gasteiger partial charge in [0.15, 0.2) is 0 Å². The molecule has 0 bridgehead atoms. The van der Waals surface area contributed by atoms with Crippen molar-refractivity contribution in [1.29, 1.82) is 0 Å². The number of thiol groups is 1. The second-order valence-electron chi connectivity index (χ2n) is 7.49. The van der Waals surface area contributed by atoms with Crippen molar-refractivity contribution in [3.8, 4) is 5.75 Å². The maximum absolute atomic E-state index is 13.3. The van der Waals surface area contributed by atoms with Gasteiger partial charge in [0, 0.05) is 21.8 Å². The largest absolute Gasteiger partial charge is 0.493 e. The van der Waals surface area contributed by atoms with Gasteiger partial charge >= 0.3 is 0 Å². The second-order valence-corrected chi connectivity index (χ2v) is 10.6. The fourth-order valence-electron chi connectivity index (χ4n) is 4.39. The van der Waals surface area contributed by atoms with Gasteiger partial charge < -0.3 is 4.74 Å². The van der Waals surface area contributed by atoms with Crippen LogP contribution < -0.4 is 4.74 Å². The first-order chi connectivity index (χ1) is 11.8. The number of benzene rings is 2. The Morgan fingerprint density at radius 1 is 0.875 bits per heavy atom. The molecule has 2 aliphatic rings. The molecule has 1 heterocycles. The fraction of sp³-hybridized carbons (Fsp3) is 0.524. The Balaban J connectivity index is 1.64. The Morgan fingerprint density at radius 2 is 1.58 bits per heavy atom. The Morgan fingerprint density at radius 3 is 2.33 bits per heavy atom. The van der Waals surface area contributed by atoms with Gasteiger partial charge in [0.25, 0.3) is 0 Å². The van der Waals surface area contributed by atoms with Gasteiger partial charge in [-0.05, 0) is 49.1 Å². The summed E-state index contributed by atoms with van der Waals surface area (Å²) in [5, 5.41) is 2.27. The van der Waals surface area contributed by atoms with Crippen molar-refractivity contribution >= 4 is 20.7 Å². The van der Waals surface area contributed by atoms with E-state index in [2.05, 4.69) is 36.4 Å². The SMILES string of the molecule is O=[SH]1(c2ccc(OCC3CCCCC3)c3ccccc23)CCCC1. The van der Waals surface area contributed by atoms with Crippen molar-refractivity contribution in [2.75, 3.05) is 18.1 Å². The van der Waals surface area contributed by atoms with E-state index in [1.807, 2.05) is 0 Å². The second kappa shape index (κ2) is 6.87. The summed E-state index contributed by atoms with van der Waals surface area (Å²) >= 11 is 0. The molecule has 0 atom stereocenters. The van der Waals surface area contributed by atoms with E-state index >= 15 is 0 Å². The summed E-state index contributed by atoms with van der Waals surface area (Å²) in [6.45, 7) is 0.820. The van der Waals surface area contributed by atoms with E-state index in [1.165, 1.54) is 32.1 Å². The van der Waals surface area contributed by atoms with Gasteiger partial charge in [0.1, 0.15) is 5.75 Å². The Kier molecular flexibility index (Phi) is 4.62. The van der Waals surface area contributed by atoms with E-state index < -0.39 is 9.93 Å². The van der Waals surface area contributed by atoms with Gasteiger partial charge in [-0.25, -0.2) is 0 Å². The highest BCUT2D eigenvalue weighted by Crippen LogP contribution is 2.37. The summed E-state index contributed by atoms with van der Waals surface area (Å²) in [6, 6.07) is 12.5. The van der Waals surface area contributed by atoms with Crippen LogP contribution in [-0.4, -0.2) is 22.3 Å². The molecule has 0 N–H and O–H groups in total. The van der Waals surface area contributed by atoms with E-state index in [4.69, 9.17) is 4.74 Å². The number of hydrogen-bond donors (Lipinski definition) is 1. The van der Waals surface area contributed by atoms with Crippen LogP contribution in [0.1, 0.15) is 44.9 Å². The molecule has 1 saturated carbocycles. The molecule has 1 aliphatic carbocycles. The number of hydrogen-bond acceptors (Lipinski definition) is 2. The van der Waals surface area contributed by atoms with Gasteiger partial charge in [-0.3, -0.25) is 4.21 Å². The van der Waals surface area contributed by atoms with Crippen molar-refractivity contribution in [2.24, 2.45) is 5.92 Å². The summed E-state index contributed by atoms with van der Waals surface area (Å²) in [6.07, 6.45) is 8.87. The van der Waals surface area contributed by atoms with Crippen molar-refractivity contribution in [3.63, 3.8) is 0 Å². The van der Waals surface area contributed by atoms with Gasteiger partial charge in [0.05, 0.1) is 6.61 Å². The van der Waals surface area contributed by atoms with E-state index in [-0.39, 0.29) is 0 Å². The van der Waals surface area contributed by atoms with Gasteiger partial charge in [0.2, 0.25) is 0 Å². The average molecular weight is 345 g/mol. The van der Waals surface area contributed by atoms with E-state index in [0.29, 0.717) is 5.92 Å². The summed E-state index contributed by atoms with van der Waals surface area (Å²) < 4.78 is 19.5. The molecule has 4 rings (SSSR count). The van der Waals surface area contributed by atoms with Crippen LogP contribution in [0.25, 0.3) is 10.8 Å². The standard InChI is InChI=1S/C21H28O2S/c22-24(14-6-7-15-24)21-13-12-20(18-10-4-5-11-19(18)21)23-16-17-8-2-1-3-9-17/h4-5,10-13,17,24H,1-3,6-9,14-16H2. The Labute approximate surface area is 146 Å². The Hall–Kier alpha value is -1.35. The first-order valence-corrected chi connectivity index (χ1v) is 11.6. The zero-order valence-corrected chi connectivity index (χ0v) is 15.3. The number of ether oxygens (including phenoxy) is 1. The van der Waals surface area contributed by atoms with Crippen LogP contribution in [-0.2, 0) is 9.93 Å².